The van der Waals surface area contributed by atoms with Crippen molar-refractivity contribution in [1.82, 2.24) is 5.32 Å². The second kappa shape index (κ2) is 9.36. The van der Waals surface area contributed by atoms with E-state index in [1.165, 1.54) is 25.3 Å². The zero-order valence-corrected chi connectivity index (χ0v) is 14.5. The number of carboxylic acids is 1. The molecule has 0 radical (unpaired) electrons. The summed E-state index contributed by atoms with van der Waals surface area (Å²) in [6.07, 6.45) is 1.68. The Morgan fingerprint density at radius 1 is 1.04 bits per heavy atom. The molecule has 0 fully saturated rings. The molecule has 6 heteroatoms. The van der Waals surface area contributed by atoms with Crippen molar-refractivity contribution in [3.05, 3.63) is 71.3 Å². The molecule has 1 atom stereocenters. The summed E-state index contributed by atoms with van der Waals surface area (Å²) in [5, 5.41) is 11.9. The molecule has 0 aromatic heterocycles. The molecule has 1 amide bonds. The number of carbonyl (C=O) groups excluding carboxylic acids is 2. The molecule has 0 aliphatic rings. The van der Waals surface area contributed by atoms with Crippen LogP contribution in [-0.2, 0) is 16.0 Å². The van der Waals surface area contributed by atoms with Gasteiger partial charge in [0.15, 0.2) is 0 Å². The van der Waals surface area contributed by atoms with Gasteiger partial charge in [-0.2, -0.15) is 0 Å². The molecule has 0 unspecified atom stereocenters. The lowest BCUT2D eigenvalue weighted by Gasteiger charge is -2.15. The van der Waals surface area contributed by atoms with Gasteiger partial charge in [-0.25, -0.2) is 9.59 Å². The number of amides is 1. The Morgan fingerprint density at radius 3 is 2.38 bits per heavy atom. The van der Waals surface area contributed by atoms with Gasteiger partial charge in [-0.1, -0.05) is 36.4 Å². The van der Waals surface area contributed by atoms with Crippen LogP contribution in [0.2, 0.25) is 0 Å². The lowest BCUT2D eigenvalue weighted by molar-refractivity contribution is -0.139. The summed E-state index contributed by atoms with van der Waals surface area (Å²) in [5.74, 6) is -2.18. The molecule has 0 heterocycles. The number of aliphatic carboxylic acids is 1. The molecule has 26 heavy (non-hydrogen) atoms. The van der Waals surface area contributed by atoms with E-state index >= 15 is 0 Å². The lowest BCUT2D eigenvalue weighted by Crippen LogP contribution is -2.40. The van der Waals surface area contributed by atoms with Gasteiger partial charge in [0.1, 0.15) is 6.04 Å². The number of hydrogen-bond acceptors (Lipinski definition) is 4. The highest BCUT2D eigenvalue weighted by atomic mass is 16.5. The number of hydrogen-bond donors (Lipinski definition) is 2. The minimum absolute atomic E-state index is 0.210. The first-order valence-corrected chi connectivity index (χ1v) is 8.27. The Labute approximate surface area is 151 Å². The van der Waals surface area contributed by atoms with E-state index in [1.54, 1.807) is 6.07 Å². The first-order chi connectivity index (χ1) is 12.5. The van der Waals surface area contributed by atoms with E-state index in [4.69, 9.17) is 0 Å². The summed E-state index contributed by atoms with van der Waals surface area (Å²) in [6.45, 7) is 0. The molecule has 136 valence electrons. The third-order valence-corrected chi connectivity index (χ3v) is 3.95. The van der Waals surface area contributed by atoms with Gasteiger partial charge < -0.3 is 15.2 Å². The van der Waals surface area contributed by atoms with Crippen LogP contribution in [0.3, 0.4) is 0 Å². The largest absolute Gasteiger partial charge is 0.480 e. The first-order valence-electron chi connectivity index (χ1n) is 8.27. The average Bonchev–Trinajstić information content (AvgIpc) is 2.67. The third-order valence-electron chi connectivity index (χ3n) is 3.95. The number of benzene rings is 2. The predicted molar refractivity (Wildman–Crippen MR) is 96.1 cm³/mol. The SMILES string of the molecule is COC(=O)c1cccc(C(=O)N[C@@H](CCCc2ccccc2)C(=O)O)c1. The highest BCUT2D eigenvalue weighted by Gasteiger charge is 2.21. The Bertz CT molecular complexity index is 773. The maximum absolute atomic E-state index is 12.3. The Morgan fingerprint density at radius 2 is 1.73 bits per heavy atom. The predicted octanol–water partition coefficient (Wildman–Crippen LogP) is 2.68. The van der Waals surface area contributed by atoms with Crippen LogP contribution in [-0.4, -0.2) is 36.1 Å². The minimum atomic E-state index is -1.09. The summed E-state index contributed by atoms with van der Waals surface area (Å²) in [5.41, 5.74) is 1.56. The fraction of sp³-hybridized carbons (Fsp3) is 0.250. The Kier molecular flexibility index (Phi) is 6.91. The van der Waals surface area contributed by atoms with Gasteiger partial charge in [0, 0.05) is 5.56 Å². The van der Waals surface area contributed by atoms with E-state index in [0.717, 1.165) is 12.0 Å². The van der Waals surface area contributed by atoms with Crippen molar-refractivity contribution >= 4 is 17.8 Å². The van der Waals surface area contributed by atoms with Gasteiger partial charge in [-0.05, 0) is 43.0 Å². The molecule has 2 aromatic rings. The van der Waals surface area contributed by atoms with E-state index in [2.05, 4.69) is 10.1 Å². The van der Waals surface area contributed by atoms with Crippen LogP contribution in [0.1, 0.15) is 39.1 Å². The van der Waals surface area contributed by atoms with Crippen LogP contribution in [0.15, 0.2) is 54.6 Å². The summed E-state index contributed by atoms with van der Waals surface area (Å²) in [7, 11) is 1.25. The Hall–Kier alpha value is -3.15. The van der Waals surface area contributed by atoms with E-state index < -0.39 is 23.9 Å². The smallest absolute Gasteiger partial charge is 0.337 e. The van der Waals surface area contributed by atoms with E-state index in [1.807, 2.05) is 30.3 Å². The Balaban J connectivity index is 1.97. The topological polar surface area (TPSA) is 92.7 Å². The molecule has 2 aromatic carbocycles. The summed E-state index contributed by atoms with van der Waals surface area (Å²) in [6, 6.07) is 14.7. The van der Waals surface area contributed by atoms with Gasteiger partial charge in [-0.3, -0.25) is 4.79 Å². The number of rotatable bonds is 8. The molecule has 0 bridgehead atoms. The molecule has 2 N–H and O–H groups in total. The van der Waals surface area contributed by atoms with Crippen molar-refractivity contribution in [2.24, 2.45) is 0 Å². The summed E-state index contributed by atoms with van der Waals surface area (Å²) >= 11 is 0. The number of carboxylic acid groups (broad SMARTS) is 1. The van der Waals surface area contributed by atoms with Crippen LogP contribution >= 0.6 is 0 Å². The van der Waals surface area contributed by atoms with Gasteiger partial charge in [0.05, 0.1) is 12.7 Å². The molecule has 6 nitrogen and oxygen atoms in total. The average molecular weight is 355 g/mol. The van der Waals surface area contributed by atoms with Crippen LogP contribution in [0.5, 0.6) is 0 Å². The van der Waals surface area contributed by atoms with Crippen molar-refractivity contribution in [3.8, 4) is 0 Å². The highest BCUT2D eigenvalue weighted by Crippen LogP contribution is 2.10. The van der Waals surface area contributed by atoms with Crippen LogP contribution in [0.25, 0.3) is 0 Å². The first kappa shape index (κ1) is 19.2. The van der Waals surface area contributed by atoms with Gasteiger partial charge in [0.2, 0.25) is 0 Å². The highest BCUT2D eigenvalue weighted by molar-refractivity contribution is 5.99. The van der Waals surface area contributed by atoms with Crippen molar-refractivity contribution in [1.29, 1.82) is 0 Å². The van der Waals surface area contributed by atoms with E-state index in [0.29, 0.717) is 12.8 Å². The minimum Gasteiger partial charge on any atom is -0.480 e. The van der Waals surface area contributed by atoms with Crippen molar-refractivity contribution < 1.29 is 24.2 Å². The standard InChI is InChI=1S/C20H21NO5/c1-26-20(25)16-11-6-10-15(13-16)18(22)21-17(19(23)24)12-5-9-14-7-3-2-4-8-14/h2-4,6-8,10-11,13,17H,5,9,12H2,1H3,(H,21,22)(H,23,24)/t17-/m0/s1. The maximum Gasteiger partial charge on any atom is 0.337 e. The zero-order valence-electron chi connectivity index (χ0n) is 14.5. The maximum atomic E-state index is 12.3. The van der Waals surface area contributed by atoms with Gasteiger partial charge in [0.25, 0.3) is 5.91 Å². The monoisotopic (exact) mass is 355 g/mol. The second-order valence-electron chi connectivity index (χ2n) is 5.81. The fourth-order valence-corrected chi connectivity index (χ4v) is 2.56. The van der Waals surface area contributed by atoms with Gasteiger partial charge >= 0.3 is 11.9 Å². The number of methoxy groups -OCH3 is 1. The lowest BCUT2D eigenvalue weighted by atomic mass is 10.0. The van der Waals surface area contributed by atoms with Crippen LogP contribution < -0.4 is 5.32 Å². The quantitative estimate of drug-likeness (QED) is 0.710. The van der Waals surface area contributed by atoms with Crippen LogP contribution in [0.4, 0.5) is 0 Å². The molecule has 0 aliphatic carbocycles. The van der Waals surface area contributed by atoms with Crippen LogP contribution in [0, 0.1) is 0 Å². The second-order valence-corrected chi connectivity index (χ2v) is 5.81. The van der Waals surface area contributed by atoms with E-state index in [-0.39, 0.29) is 11.1 Å². The van der Waals surface area contributed by atoms with Crippen molar-refractivity contribution in [2.75, 3.05) is 7.11 Å². The number of aryl methyl sites for hydroxylation is 1. The number of nitrogens with one attached hydrogen (secondary N) is 1. The number of esters is 1. The molecule has 0 saturated carbocycles. The van der Waals surface area contributed by atoms with E-state index in [9.17, 15) is 19.5 Å². The molecule has 0 aliphatic heterocycles. The zero-order chi connectivity index (χ0) is 18.9. The fourth-order valence-electron chi connectivity index (χ4n) is 2.56. The number of ether oxygens (including phenoxy) is 1. The molecule has 0 spiro atoms. The van der Waals surface area contributed by atoms with Crippen molar-refractivity contribution in [3.63, 3.8) is 0 Å². The summed E-state index contributed by atoms with van der Waals surface area (Å²) < 4.78 is 4.62. The summed E-state index contributed by atoms with van der Waals surface area (Å²) in [4.78, 5) is 35.3. The normalized spacial score (nSPS) is 11.4. The van der Waals surface area contributed by atoms with Crippen molar-refractivity contribution in [2.45, 2.75) is 25.3 Å². The molecule has 2 rings (SSSR count). The molecular formula is C20H21NO5. The van der Waals surface area contributed by atoms with Gasteiger partial charge in [-0.15, -0.1) is 0 Å². The number of carbonyl (C=O) groups is 3. The third kappa shape index (κ3) is 5.44. The molecule has 0 saturated heterocycles. The molecular weight excluding hydrogens is 334 g/mol.